The second-order valence-electron chi connectivity index (χ2n) is 14.6. The number of aryl methyl sites for hydroxylation is 8. The predicted octanol–water partition coefficient (Wildman–Crippen LogP) is 4.84. The highest BCUT2D eigenvalue weighted by atomic mass is 16.2. The Morgan fingerprint density at radius 3 is 1.15 bits per heavy atom. The molecule has 0 atom stereocenters. The van der Waals surface area contributed by atoms with Gasteiger partial charge in [0.05, 0.1) is 59.0 Å². The third kappa shape index (κ3) is 11.8. The maximum atomic E-state index is 12.2. The van der Waals surface area contributed by atoms with E-state index in [1.807, 2.05) is 68.1 Å². The summed E-state index contributed by atoms with van der Waals surface area (Å²) < 4.78 is 8.14. The number of amides is 4. The Balaban J connectivity index is 0.000000160. The van der Waals surface area contributed by atoms with E-state index in [4.69, 9.17) is 11.5 Å². The van der Waals surface area contributed by atoms with Gasteiger partial charge in [-0.3, -0.25) is 29.0 Å². The van der Waals surface area contributed by atoms with Gasteiger partial charge in [-0.2, -0.15) is 0 Å². The van der Waals surface area contributed by atoms with Crippen molar-refractivity contribution < 1.29 is 19.2 Å². The van der Waals surface area contributed by atoms with Crippen LogP contribution in [0.3, 0.4) is 0 Å². The summed E-state index contributed by atoms with van der Waals surface area (Å²) in [4.78, 5) is 67.5. The summed E-state index contributed by atoms with van der Waals surface area (Å²) in [6, 6.07) is 13.9. The molecule has 316 valence electrons. The highest BCUT2D eigenvalue weighted by Crippen LogP contribution is 2.23. The molecule has 0 aliphatic carbocycles. The molecule has 0 fully saturated rings. The first-order chi connectivity index (χ1) is 29.0. The molecular formula is C44H56N12O4. The maximum absolute atomic E-state index is 12.2. The number of hydrogen-bond donors (Lipinski definition) is 2. The number of rotatable bonds is 14. The largest absolute Gasteiger partial charge is 0.337 e. The molecule has 4 N–H and O–H groups in total. The SMILES string of the molecule is Cc1cn(CCCN)cn1.Cc1cn(CCCN2C(=O)c3ccccc3C2=O)cn1.Cc1cncn1CCCN.Cc1cncn1CCCN1C(=O)c2ccccc2C1=O. The Morgan fingerprint density at radius 1 is 0.467 bits per heavy atom. The summed E-state index contributed by atoms with van der Waals surface area (Å²) >= 11 is 0. The predicted molar refractivity (Wildman–Crippen MR) is 228 cm³/mol. The monoisotopic (exact) mass is 816 g/mol. The molecule has 0 spiro atoms. The maximum Gasteiger partial charge on any atom is 0.261 e. The van der Waals surface area contributed by atoms with Gasteiger partial charge in [0.15, 0.2) is 0 Å². The Labute approximate surface area is 350 Å². The van der Waals surface area contributed by atoms with Gasteiger partial charge in [-0.15, -0.1) is 0 Å². The fourth-order valence-electron chi connectivity index (χ4n) is 6.66. The molecule has 0 saturated carbocycles. The third-order valence-electron chi connectivity index (χ3n) is 9.92. The molecule has 6 heterocycles. The number of imidazole rings is 4. The molecule has 4 aromatic heterocycles. The lowest BCUT2D eigenvalue weighted by molar-refractivity contribution is 0.0635. The van der Waals surface area contributed by atoms with Crippen LogP contribution in [0, 0.1) is 27.7 Å². The smallest absolute Gasteiger partial charge is 0.261 e. The molecular weight excluding hydrogens is 761 g/mol. The van der Waals surface area contributed by atoms with Crippen molar-refractivity contribution in [1.82, 2.24) is 48.0 Å². The Kier molecular flexibility index (Phi) is 16.4. The lowest BCUT2D eigenvalue weighted by atomic mass is 10.1. The Bertz CT molecular complexity index is 2270. The van der Waals surface area contributed by atoms with Crippen LogP contribution >= 0.6 is 0 Å². The number of carbonyl (C=O) groups is 4. The topological polar surface area (TPSA) is 198 Å². The number of nitrogens with zero attached hydrogens (tertiary/aromatic N) is 10. The van der Waals surface area contributed by atoms with Gasteiger partial charge >= 0.3 is 0 Å². The summed E-state index contributed by atoms with van der Waals surface area (Å²) in [5, 5.41) is 0. The molecule has 6 aromatic rings. The lowest BCUT2D eigenvalue weighted by Gasteiger charge is -2.14. The van der Waals surface area contributed by atoms with Gasteiger partial charge in [-0.1, -0.05) is 24.3 Å². The van der Waals surface area contributed by atoms with Crippen molar-refractivity contribution in [3.8, 4) is 0 Å². The molecule has 16 nitrogen and oxygen atoms in total. The average Bonchev–Trinajstić information content (AvgIpc) is 4.13. The fourth-order valence-corrected chi connectivity index (χ4v) is 6.66. The van der Waals surface area contributed by atoms with Crippen molar-refractivity contribution in [3.05, 3.63) is 144 Å². The number of carbonyl (C=O) groups excluding carboxylic acids is 4. The molecule has 0 saturated heterocycles. The van der Waals surface area contributed by atoms with E-state index < -0.39 is 0 Å². The first kappa shape index (κ1) is 44.6. The van der Waals surface area contributed by atoms with Crippen LogP contribution in [0.1, 0.15) is 89.9 Å². The van der Waals surface area contributed by atoms with E-state index in [0.29, 0.717) is 35.3 Å². The molecule has 2 aliphatic heterocycles. The van der Waals surface area contributed by atoms with Crippen LogP contribution in [0.15, 0.2) is 98.6 Å². The van der Waals surface area contributed by atoms with Crippen LogP contribution in [0.25, 0.3) is 0 Å². The number of benzene rings is 2. The zero-order valence-electron chi connectivity index (χ0n) is 35.0. The molecule has 2 aliphatic rings. The molecule has 2 aromatic carbocycles. The average molecular weight is 817 g/mol. The Hall–Kier alpha value is -6.52. The molecule has 60 heavy (non-hydrogen) atoms. The van der Waals surface area contributed by atoms with Gasteiger partial charge in [0.1, 0.15) is 0 Å². The van der Waals surface area contributed by atoms with Gasteiger partial charge in [0.25, 0.3) is 23.6 Å². The van der Waals surface area contributed by atoms with Crippen molar-refractivity contribution in [2.24, 2.45) is 11.5 Å². The van der Waals surface area contributed by atoms with E-state index >= 15 is 0 Å². The van der Waals surface area contributed by atoms with E-state index in [1.54, 1.807) is 67.4 Å². The van der Waals surface area contributed by atoms with E-state index in [9.17, 15) is 19.2 Å². The first-order valence-electron chi connectivity index (χ1n) is 20.2. The molecule has 0 unspecified atom stereocenters. The van der Waals surface area contributed by atoms with Gasteiger partial charge < -0.3 is 29.7 Å². The molecule has 16 heteroatoms. The van der Waals surface area contributed by atoms with Crippen LogP contribution in [-0.2, 0) is 26.2 Å². The normalized spacial score (nSPS) is 12.7. The quantitative estimate of drug-likeness (QED) is 0.144. The van der Waals surface area contributed by atoms with Gasteiger partial charge in [0.2, 0.25) is 0 Å². The molecule has 0 bridgehead atoms. The molecule has 0 radical (unpaired) electrons. The van der Waals surface area contributed by atoms with Crippen molar-refractivity contribution in [2.45, 2.75) is 79.6 Å². The van der Waals surface area contributed by atoms with Crippen LogP contribution < -0.4 is 11.5 Å². The standard InChI is InChI=1S/2C15H15N3O2.2C7H13N3/c1-11-9-17(10-16-11)7-4-8-18-14(19)12-5-2-3-6-13(12)15(18)20;1-11-9-16-10-17(11)7-4-8-18-14(19)12-5-2-3-6-13(12)15(18)20;1-7-5-10(6-9-7)4-2-3-8;1-7-5-9-6-10(7)4-2-3-8/h2*2-3,5-6,9-10H,4,7-8H2,1H3;2*5-6H,2-4,8H2,1H3. The highest BCUT2D eigenvalue weighted by molar-refractivity contribution is 6.22. The summed E-state index contributed by atoms with van der Waals surface area (Å²) in [6.07, 6.45) is 18.3. The van der Waals surface area contributed by atoms with Crippen LogP contribution in [0.4, 0.5) is 0 Å². The summed E-state index contributed by atoms with van der Waals surface area (Å²) in [6.45, 7) is 13.8. The van der Waals surface area contributed by atoms with Crippen molar-refractivity contribution in [1.29, 1.82) is 0 Å². The minimum absolute atomic E-state index is 0.187. The fraction of sp³-hybridized carbons (Fsp3) is 0.364. The Morgan fingerprint density at radius 2 is 0.817 bits per heavy atom. The number of aromatic nitrogens is 8. The lowest BCUT2D eigenvalue weighted by Crippen LogP contribution is -2.31. The van der Waals surface area contributed by atoms with Gasteiger partial charge in [-0.05, 0) is 90.7 Å². The van der Waals surface area contributed by atoms with Crippen molar-refractivity contribution >= 4 is 23.6 Å². The van der Waals surface area contributed by atoms with E-state index in [0.717, 1.165) is 82.0 Å². The van der Waals surface area contributed by atoms with E-state index in [-0.39, 0.29) is 23.6 Å². The summed E-state index contributed by atoms with van der Waals surface area (Å²) in [5.41, 5.74) is 17.1. The number of nitrogens with two attached hydrogens (primary N) is 2. The van der Waals surface area contributed by atoms with Crippen molar-refractivity contribution in [3.63, 3.8) is 0 Å². The minimum Gasteiger partial charge on any atom is -0.337 e. The second-order valence-corrected chi connectivity index (χ2v) is 14.6. The zero-order valence-corrected chi connectivity index (χ0v) is 35.0. The minimum atomic E-state index is -0.188. The summed E-state index contributed by atoms with van der Waals surface area (Å²) in [5.74, 6) is -0.749. The molecule has 4 amide bonds. The first-order valence-corrected chi connectivity index (χ1v) is 20.2. The van der Waals surface area contributed by atoms with Gasteiger partial charge in [0, 0.05) is 75.4 Å². The van der Waals surface area contributed by atoms with E-state index in [2.05, 4.69) is 29.1 Å². The summed E-state index contributed by atoms with van der Waals surface area (Å²) in [7, 11) is 0. The van der Waals surface area contributed by atoms with Gasteiger partial charge in [-0.25, -0.2) is 19.9 Å². The van der Waals surface area contributed by atoms with Crippen LogP contribution in [0.5, 0.6) is 0 Å². The van der Waals surface area contributed by atoms with Crippen LogP contribution in [-0.4, -0.2) is 97.8 Å². The number of fused-ring (bicyclic) bond motifs is 2. The zero-order chi connectivity index (χ0) is 43.0. The second kappa shape index (κ2) is 22.0. The number of imide groups is 2. The number of hydrogen-bond acceptors (Lipinski definition) is 10. The van der Waals surface area contributed by atoms with E-state index in [1.165, 1.54) is 15.5 Å². The molecule has 8 rings (SSSR count). The highest BCUT2D eigenvalue weighted by Gasteiger charge is 2.35. The van der Waals surface area contributed by atoms with Crippen molar-refractivity contribution in [2.75, 3.05) is 26.2 Å². The van der Waals surface area contributed by atoms with Crippen LogP contribution in [0.2, 0.25) is 0 Å². The third-order valence-corrected chi connectivity index (χ3v) is 9.92.